The minimum Gasteiger partial charge on any atom is -0.445 e. The van der Waals surface area contributed by atoms with Crippen LogP contribution in [0.25, 0.3) is 0 Å². The number of rotatable bonds is 4. The Morgan fingerprint density at radius 1 is 1.28 bits per heavy atom. The number of likely N-dealkylation sites (tertiary alicyclic amines) is 1. The van der Waals surface area contributed by atoms with Gasteiger partial charge in [-0.15, -0.1) is 11.3 Å². The summed E-state index contributed by atoms with van der Waals surface area (Å²) < 4.78 is 5.99. The highest BCUT2D eigenvalue weighted by molar-refractivity contribution is 7.11. The van der Waals surface area contributed by atoms with E-state index in [2.05, 4.69) is 22.1 Å². The second-order valence-electron chi connectivity index (χ2n) is 6.28. The van der Waals surface area contributed by atoms with Gasteiger partial charge in [-0.1, -0.05) is 30.3 Å². The molecule has 0 saturated carbocycles. The largest absolute Gasteiger partial charge is 0.445 e. The fourth-order valence-corrected chi connectivity index (χ4v) is 3.82. The zero-order chi connectivity index (χ0) is 17.1. The maximum Gasteiger partial charge on any atom is 0.265 e. The first-order valence-corrected chi connectivity index (χ1v) is 9.34. The molecule has 1 aliphatic rings. The molecule has 4 rings (SSSR count). The fraction of sp³-hybridized carbons (Fsp3) is 0.316. The number of nitrogens with zero attached hydrogens (tertiary/aromatic N) is 3. The van der Waals surface area contributed by atoms with Crippen LogP contribution < -0.4 is 0 Å². The molecule has 0 radical (unpaired) electrons. The second kappa shape index (κ2) is 7.19. The number of amides is 1. The zero-order valence-corrected chi connectivity index (χ0v) is 14.6. The van der Waals surface area contributed by atoms with E-state index in [9.17, 15) is 4.79 Å². The predicted molar refractivity (Wildman–Crippen MR) is 95.7 cm³/mol. The SMILES string of the molecule is O=C(c1cncs1)N1CCC[C@H](c2ncc(Cc3ccccc3)o2)C1. The molecular formula is C19H19N3O2S. The van der Waals surface area contributed by atoms with E-state index >= 15 is 0 Å². The molecule has 25 heavy (non-hydrogen) atoms. The van der Waals surface area contributed by atoms with Crippen LogP contribution in [0.2, 0.25) is 0 Å². The standard InChI is InChI=1S/C19H19N3O2S/c23-19(17-11-20-13-25-17)22-8-4-7-15(12-22)18-21-10-16(24-18)9-14-5-2-1-3-6-14/h1-3,5-6,10-11,13,15H,4,7-9,12H2/t15-/m0/s1. The van der Waals surface area contributed by atoms with Gasteiger partial charge in [0.2, 0.25) is 0 Å². The number of aromatic nitrogens is 2. The monoisotopic (exact) mass is 353 g/mol. The summed E-state index contributed by atoms with van der Waals surface area (Å²) in [6, 6.07) is 10.2. The van der Waals surface area contributed by atoms with Crippen LogP contribution in [0.1, 0.15) is 45.6 Å². The fourth-order valence-electron chi connectivity index (χ4n) is 3.23. The van der Waals surface area contributed by atoms with E-state index in [1.54, 1.807) is 11.7 Å². The van der Waals surface area contributed by atoms with E-state index in [0.29, 0.717) is 11.4 Å². The van der Waals surface area contributed by atoms with Crippen LogP contribution in [0, 0.1) is 0 Å². The molecule has 2 aromatic heterocycles. The molecule has 1 aromatic carbocycles. The first-order valence-electron chi connectivity index (χ1n) is 8.46. The summed E-state index contributed by atoms with van der Waals surface area (Å²) in [5, 5.41) is 0. The van der Waals surface area contributed by atoms with Gasteiger partial charge in [0.05, 0.1) is 23.8 Å². The lowest BCUT2D eigenvalue weighted by Crippen LogP contribution is -2.38. The van der Waals surface area contributed by atoms with Gasteiger partial charge in [0.25, 0.3) is 5.91 Å². The summed E-state index contributed by atoms with van der Waals surface area (Å²) in [5.41, 5.74) is 2.90. The van der Waals surface area contributed by atoms with E-state index in [1.165, 1.54) is 16.9 Å². The van der Waals surface area contributed by atoms with Crippen molar-refractivity contribution in [3.05, 3.63) is 70.3 Å². The number of thiazole rings is 1. The molecule has 1 saturated heterocycles. The predicted octanol–water partition coefficient (Wildman–Crippen LogP) is 3.74. The van der Waals surface area contributed by atoms with Crippen molar-refractivity contribution in [3.8, 4) is 0 Å². The maximum atomic E-state index is 12.5. The van der Waals surface area contributed by atoms with E-state index in [4.69, 9.17) is 4.42 Å². The Kier molecular flexibility index (Phi) is 4.61. The molecule has 3 heterocycles. The second-order valence-corrected chi connectivity index (χ2v) is 7.17. The van der Waals surface area contributed by atoms with Crippen molar-refractivity contribution in [1.82, 2.24) is 14.9 Å². The highest BCUT2D eigenvalue weighted by atomic mass is 32.1. The number of hydrogen-bond donors (Lipinski definition) is 0. The first-order chi connectivity index (χ1) is 12.3. The third-order valence-corrected chi connectivity index (χ3v) is 5.25. The molecule has 1 aliphatic heterocycles. The van der Waals surface area contributed by atoms with Crippen LogP contribution in [0.3, 0.4) is 0 Å². The van der Waals surface area contributed by atoms with Crippen molar-refractivity contribution >= 4 is 17.2 Å². The van der Waals surface area contributed by atoms with Gasteiger partial charge in [-0.3, -0.25) is 9.78 Å². The molecule has 3 aromatic rings. The highest BCUT2D eigenvalue weighted by Gasteiger charge is 2.28. The number of carbonyl (C=O) groups excluding carboxylic acids is 1. The molecular weight excluding hydrogens is 334 g/mol. The third-order valence-electron chi connectivity index (χ3n) is 4.49. The highest BCUT2D eigenvalue weighted by Crippen LogP contribution is 2.28. The summed E-state index contributed by atoms with van der Waals surface area (Å²) in [6.45, 7) is 1.44. The summed E-state index contributed by atoms with van der Waals surface area (Å²) in [5.74, 6) is 1.83. The molecule has 5 nitrogen and oxygen atoms in total. The first kappa shape index (κ1) is 16.0. The van der Waals surface area contributed by atoms with Crippen LogP contribution >= 0.6 is 11.3 Å². The van der Waals surface area contributed by atoms with Gasteiger partial charge in [0.1, 0.15) is 10.6 Å². The molecule has 0 N–H and O–H groups in total. The van der Waals surface area contributed by atoms with Crippen molar-refractivity contribution in [2.24, 2.45) is 0 Å². The van der Waals surface area contributed by atoms with E-state index < -0.39 is 0 Å². The van der Waals surface area contributed by atoms with Gasteiger partial charge in [-0.25, -0.2) is 4.98 Å². The number of hydrogen-bond acceptors (Lipinski definition) is 5. The number of carbonyl (C=O) groups is 1. The van der Waals surface area contributed by atoms with E-state index in [1.807, 2.05) is 29.3 Å². The maximum absolute atomic E-state index is 12.5. The van der Waals surface area contributed by atoms with Crippen molar-refractivity contribution in [2.45, 2.75) is 25.2 Å². The van der Waals surface area contributed by atoms with Gasteiger partial charge >= 0.3 is 0 Å². The molecule has 0 bridgehead atoms. The molecule has 0 aliphatic carbocycles. The number of oxazole rings is 1. The van der Waals surface area contributed by atoms with Crippen LogP contribution in [-0.2, 0) is 6.42 Å². The van der Waals surface area contributed by atoms with E-state index in [0.717, 1.165) is 37.5 Å². The van der Waals surface area contributed by atoms with Crippen molar-refractivity contribution in [1.29, 1.82) is 0 Å². The Labute approximate surface area is 150 Å². The van der Waals surface area contributed by atoms with Crippen LogP contribution in [-0.4, -0.2) is 33.9 Å². The van der Waals surface area contributed by atoms with Gasteiger partial charge in [-0.2, -0.15) is 0 Å². The molecule has 1 fully saturated rings. The van der Waals surface area contributed by atoms with Gasteiger partial charge in [0, 0.05) is 19.5 Å². The lowest BCUT2D eigenvalue weighted by Gasteiger charge is -2.30. The summed E-state index contributed by atoms with van der Waals surface area (Å²) >= 11 is 1.39. The third kappa shape index (κ3) is 3.64. The van der Waals surface area contributed by atoms with Crippen molar-refractivity contribution in [2.75, 3.05) is 13.1 Å². The summed E-state index contributed by atoms with van der Waals surface area (Å²) in [6.07, 6.45) is 6.15. The topological polar surface area (TPSA) is 59.2 Å². The quantitative estimate of drug-likeness (QED) is 0.717. The average molecular weight is 353 g/mol. The number of benzene rings is 1. The normalized spacial score (nSPS) is 17.6. The summed E-state index contributed by atoms with van der Waals surface area (Å²) in [7, 11) is 0. The van der Waals surface area contributed by atoms with Crippen LogP contribution in [0.4, 0.5) is 0 Å². The van der Waals surface area contributed by atoms with Crippen molar-refractivity contribution < 1.29 is 9.21 Å². The Bertz CT molecular complexity index is 829. The minimum atomic E-state index is 0.0586. The lowest BCUT2D eigenvalue weighted by molar-refractivity contribution is 0.0702. The molecule has 6 heteroatoms. The van der Waals surface area contributed by atoms with Crippen LogP contribution in [0.5, 0.6) is 0 Å². The molecule has 1 amide bonds. The molecule has 128 valence electrons. The molecule has 0 unspecified atom stereocenters. The van der Waals surface area contributed by atoms with Gasteiger partial charge in [-0.05, 0) is 18.4 Å². The zero-order valence-electron chi connectivity index (χ0n) is 13.8. The number of piperidine rings is 1. The Hall–Kier alpha value is -2.47. The Morgan fingerprint density at radius 3 is 2.96 bits per heavy atom. The van der Waals surface area contributed by atoms with Gasteiger partial charge < -0.3 is 9.32 Å². The Balaban J connectivity index is 1.44. The van der Waals surface area contributed by atoms with Crippen molar-refractivity contribution in [3.63, 3.8) is 0 Å². The lowest BCUT2D eigenvalue weighted by atomic mass is 9.98. The van der Waals surface area contributed by atoms with E-state index in [-0.39, 0.29) is 11.8 Å². The molecule has 0 spiro atoms. The smallest absolute Gasteiger partial charge is 0.265 e. The Morgan fingerprint density at radius 2 is 2.16 bits per heavy atom. The van der Waals surface area contributed by atoms with Gasteiger partial charge in [0.15, 0.2) is 5.89 Å². The summed E-state index contributed by atoms with van der Waals surface area (Å²) in [4.78, 5) is 23.6. The van der Waals surface area contributed by atoms with Crippen LogP contribution in [0.15, 0.2) is 52.7 Å². The minimum absolute atomic E-state index is 0.0586. The molecule has 1 atom stereocenters. The average Bonchev–Trinajstić information content (AvgIpc) is 3.34.